The van der Waals surface area contributed by atoms with Gasteiger partial charge in [-0.15, -0.1) is 0 Å². The van der Waals surface area contributed by atoms with Crippen LogP contribution >= 0.6 is 0 Å². The number of hydrogen-bond donors (Lipinski definition) is 3. The number of ether oxygens (including phenoxy) is 1. The van der Waals surface area contributed by atoms with Crippen molar-refractivity contribution in [3.63, 3.8) is 0 Å². The predicted octanol–water partition coefficient (Wildman–Crippen LogP) is 3.07. The molecule has 1 aliphatic rings. The number of anilines is 2. The first-order chi connectivity index (χ1) is 13.6. The number of nitrogens with zero attached hydrogens (tertiary/aromatic N) is 2. The standard InChI is InChI=1S/C21H27N5O2/c1-15(24-9-4-12-26-11-3-5-21(26)27)20-14-17(8-10-25-20)28-16-6-7-19(23-2)18(22)13-16/h6-8,10,13-14,23-24H,1,3-5,9,11-12,22H2,2H3. The van der Waals surface area contributed by atoms with E-state index < -0.39 is 0 Å². The molecule has 1 aliphatic heterocycles. The Kier molecular flexibility index (Phi) is 6.37. The van der Waals surface area contributed by atoms with Crippen molar-refractivity contribution >= 4 is 23.0 Å². The van der Waals surface area contributed by atoms with Crippen molar-refractivity contribution in [2.24, 2.45) is 0 Å². The summed E-state index contributed by atoms with van der Waals surface area (Å²) in [6, 6.07) is 9.13. The molecule has 4 N–H and O–H groups in total. The molecule has 0 atom stereocenters. The summed E-state index contributed by atoms with van der Waals surface area (Å²) in [4.78, 5) is 17.9. The monoisotopic (exact) mass is 381 g/mol. The number of carbonyl (C=O) groups is 1. The van der Waals surface area contributed by atoms with E-state index in [1.807, 2.05) is 30.1 Å². The number of aromatic nitrogens is 1. The molecule has 1 aromatic carbocycles. The molecule has 1 amide bonds. The summed E-state index contributed by atoms with van der Waals surface area (Å²) >= 11 is 0. The van der Waals surface area contributed by atoms with Crippen molar-refractivity contribution in [1.29, 1.82) is 0 Å². The van der Waals surface area contributed by atoms with Gasteiger partial charge in [0.05, 0.1) is 22.8 Å². The molecule has 2 aromatic rings. The van der Waals surface area contributed by atoms with Crippen molar-refractivity contribution < 1.29 is 9.53 Å². The smallest absolute Gasteiger partial charge is 0.222 e. The molecular weight excluding hydrogens is 354 g/mol. The second-order valence-corrected chi connectivity index (χ2v) is 6.72. The van der Waals surface area contributed by atoms with E-state index in [0.29, 0.717) is 23.6 Å². The van der Waals surface area contributed by atoms with Gasteiger partial charge in [-0.3, -0.25) is 9.78 Å². The van der Waals surface area contributed by atoms with Gasteiger partial charge in [0, 0.05) is 51.4 Å². The second-order valence-electron chi connectivity index (χ2n) is 6.72. The van der Waals surface area contributed by atoms with Crippen LogP contribution in [0.2, 0.25) is 0 Å². The molecule has 7 nitrogen and oxygen atoms in total. The SMILES string of the molecule is C=C(NCCCN1CCCC1=O)c1cc(Oc2ccc(NC)c(N)c2)ccn1. The lowest BCUT2D eigenvalue weighted by molar-refractivity contribution is -0.127. The summed E-state index contributed by atoms with van der Waals surface area (Å²) in [6.07, 6.45) is 4.21. The first-order valence-corrected chi connectivity index (χ1v) is 9.49. The van der Waals surface area contributed by atoms with Crippen LogP contribution in [0, 0.1) is 0 Å². The molecule has 148 valence electrons. The Morgan fingerprint density at radius 3 is 2.86 bits per heavy atom. The van der Waals surface area contributed by atoms with Gasteiger partial charge < -0.3 is 26.0 Å². The molecule has 0 bridgehead atoms. The van der Waals surface area contributed by atoms with Crippen molar-refractivity contribution in [3.8, 4) is 11.5 Å². The minimum absolute atomic E-state index is 0.258. The Morgan fingerprint density at radius 2 is 2.14 bits per heavy atom. The summed E-state index contributed by atoms with van der Waals surface area (Å²) < 4.78 is 5.89. The first-order valence-electron chi connectivity index (χ1n) is 9.49. The molecule has 28 heavy (non-hydrogen) atoms. The van der Waals surface area contributed by atoms with Gasteiger partial charge in [0.15, 0.2) is 0 Å². The van der Waals surface area contributed by atoms with Crippen LogP contribution in [-0.4, -0.2) is 42.5 Å². The van der Waals surface area contributed by atoms with Gasteiger partial charge in [-0.05, 0) is 31.0 Å². The number of nitrogen functional groups attached to an aromatic ring is 1. The van der Waals surface area contributed by atoms with E-state index in [2.05, 4.69) is 22.2 Å². The van der Waals surface area contributed by atoms with Gasteiger partial charge in [0.1, 0.15) is 11.5 Å². The summed E-state index contributed by atoms with van der Waals surface area (Å²) in [5.41, 5.74) is 8.90. The highest BCUT2D eigenvalue weighted by Crippen LogP contribution is 2.28. The number of amides is 1. The van der Waals surface area contributed by atoms with E-state index in [4.69, 9.17) is 10.5 Å². The van der Waals surface area contributed by atoms with Crippen molar-refractivity contribution in [3.05, 3.63) is 48.8 Å². The summed E-state index contributed by atoms with van der Waals surface area (Å²) in [5.74, 6) is 1.57. The fourth-order valence-corrected chi connectivity index (χ4v) is 3.15. The Labute approximate surface area is 165 Å². The zero-order valence-corrected chi connectivity index (χ0v) is 16.2. The van der Waals surface area contributed by atoms with Gasteiger partial charge in [-0.1, -0.05) is 6.58 Å². The Bertz CT molecular complexity index is 852. The van der Waals surface area contributed by atoms with Crippen LogP contribution in [-0.2, 0) is 4.79 Å². The molecule has 2 heterocycles. The highest BCUT2D eigenvalue weighted by molar-refractivity contribution is 5.78. The lowest BCUT2D eigenvalue weighted by Gasteiger charge is -2.16. The van der Waals surface area contributed by atoms with Crippen LogP contribution in [0.15, 0.2) is 43.1 Å². The van der Waals surface area contributed by atoms with Crippen LogP contribution in [0.25, 0.3) is 5.70 Å². The van der Waals surface area contributed by atoms with Gasteiger partial charge in [0.2, 0.25) is 5.91 Å². The first kappa shape index (κ1) is 19.5. The van der Waals surface area contributed by atoms with Gasteiger partial charge in [-0.25, -0.2) is 0 Å². The molecule has 3 rings (SSSR count). The quantitative estimate of drug-likeness (QED) is 0.457. The maximum absolute atomic E-state index is 11.6. The number of nitrogens with two attached hydrogens (primary N) is 1. The maximum Gasteiger partial charge on any atom is 0.222 e. The summed E-state index contributed by atoms with van der Waals surface area (Å²) in [5, 5.41) is 6.30. The molecule has 1 aromatic heterocycles. The third-order valence-electron chi connectivity index (χ3n) is 4.68. The van der Waals surface area contributed by atoms with Gasteiger partial charge >= 0.3 is 0 Å². The number of likely N-dealkylation sites (tertiary alicyclic amines) is 1. The van der Waals surface area contributed by atoms with Crippen molar-refractivity contribution in [1.82, 2.24) is 15.2 Å². The van der Waals surface area contributed by atoms with Crippen LogP contribution in [0.5, 0.6) is 11.5 Å². The van der Waals surface area contributed by atoms with E-state index in [0.717, 1.165) is 49.6 Å². The van der Waals surface area contributed by atoms with E-state index in [1.54, 1.807) is 18.3 Å². The Hall–Kier alpha value is -3.22. The lowest BCUT2D eigenvalue weighted by atomic mass is 10.2. The minimum atomic E-state index is 0.258. The number of rotatable bonds is 9. The molecule has 0 spiro atoms. The normalized spacial score (nSPS) is 13.5. The van der Waals surface area contributed by atoms with Crippen LogP contribution in [0.1, 0.15) is 25.0 Å². The zero-order chi connectivity index (χ0) is 19.9. The minimum Gasteiger partial charge on any atom is -0.457 e. The largest absolute Gasteiger partial charge is 0.457 e. The van der Waals surface area contributed by atoms with E-state index in [9.17, 15) is 4.79 Å². The maximum atomic E-state index is 11.6. The molecule has 1 fully saturated rings. The molecule has 0 radical (unpaired) electrons. The second kappa shape index (κ2) is 9.12. The number of carbonyl (C=O) groups excluding carboxylic acids is 1. The molecule has 0 unspecified atom stereocenters. The number of pyridine rings is 1. The fraction of sp³-hybridized carbons (Fsp3) is 0.333. The molecule has 7 heteroatoms. The van der Waals surface area contributed by atoms with Crippen LogP contribution in [0.4, 0.5) is 11.4 Å². The van der Waals surface area contributed by atoms with Crippen molar-refractivity contribution in [2.75, 3.05) is 37.7 Å². The van der Waals surface area contributed by atoms with E-state index in [-0.39, 0.29) is 5.91 Å². The average Bonchev–Trinajstić information content (AvgIpc) is 3.10. The summed E-state index contributed by atoms with van der Waals surface area (Å²) in [7, 11) is 1.82. The topological polar surface area (TPSA) is 92.5 Å². The molecule has 1 saturated heterocycles. The zero-order valence-electron chi connectivity index (χ0n) is 16.2. The fourth-order valence-electron chi connectivity index (χ4n) is 3.15. The molecule has 0 aliphatic carbocycles. The Morgan fingerprint density at radius 1 is 1.32 bits per heavy atom. The highest BCUT2D eigenvalue weighted by atomic mass is 16.5. The van der Waals surface area contributed by atoms with Crippen molar-refractivity contribution in [2.45, 2.75) is 19.3 Å². The van der Waals surface area contributed by atoms with Crippen LogP contribution in [0.3, 0.4) is 0 Å². The van der Waals surface area contributed by atoms with E-state index in [1.165, 1.54) is 0 Å². The number of benzene rings is 1. The number of nitrogens with one attached hydrogen (secondary N) is 2. The molecular formula is C21H27N5O2. The third kappa shape index (κ3) is 4.94. The number of hydrogen-bond acceptors (Lipinski definition) is 6. The van der Waals surface area contributed by atoms with Crippen LogP contribution < -0.4 is 21.1 Å². The third-order valence-corrected chi connectivity index (χ3v) is 4.68. The highest BCUT2D eigenvalue weighted by Gasteiger charge is 2.18. The average molecular weight is 381 g/mol. The van der Waals surface area contributed by atoms with E-state index >= 15 is 0 Å². The summed E-state index contributed by atoms with van der Waals surface area (Å²) in [6.45, 7) is 6.44. The predicted molar refractivity (Wildman–Crippen MR) is 112 cm³/mol. The lowest BCUT2D eigenvalue weighted by Crippen LogP contribution is -2.28. The van der Waals surface area contributed by atoms with Gasteiger partial charge in [-0.2, -0.15) is 0 Å². The Balaban J connectivity index is 1.52. The molecule has 0 saturated carbocycles. The van der Waals surface area contributed by atoms with Gasteiger partial charge in [0.25, 0.3) is 0 Å².